The molecule has 1 atom stereocenters. The van der Waals surface area contributed by atoms with E-state index >= 15 is 0 Å². The molecule has 0 aliphatic carbocycles. The van der Waals surface area contributed by atoms with Crippen molar-refractivity contribution in [2.24, 2.45) is 0 Å². The summed E-state index contributed by atoms with van der Waals surface area (Å²) in [5, 5.41) is 20.6. The summed E-state index contributed by atoms with van der Waals surface area (Å²) in [5.41, 5.74) is 6.74. The van der Waals surface area contributed by atoms with Crippen LogP contribution in [0.4, 0.5) is 10.2 Å². The second kappa shape index (κ2) is 8.13. The maximum Gasteiger partial charge on any atom is 0.233 e. The van der Waals surface area contributed by atoms with Crippen molar-refractivity contribution >= 4 is 23.5 Å². The number of benzene rings is 1. The highest BCUT2D eigenvalue weighted by Gasteiger charge is 2.18. The molecule has 2 aromatic rings. The van der Waals surface area contributed by atoms with Gasteiger partial charge in [0.2, 0.25) is 5.91 Å². The Hall–Kier alpha value is -3.10. The summed E-state index contributed by atoms with van der Waals surface area (Å²) in [4.78, 5) is 16.2. The lowest BCUT2D eigenvalue weighted by Gasteiger charge is -2.13. The molecular formula is C17H14FN5OS. The second-order valence-electron chi connectivity index (χ2n) is 5.10. The summed E-state index contributed by atoms with van der Waals surface area (Å²) in [7, 11) is 0. The van der Waals surface area contributed by atoms with Gasteiger partial charge in [0, 0.05) is 6.54 Å². The van der Waals surface area contributed by atoms with E-state index in [1.165, 1.54) is 18.2 Å². The molecule has 0 aliphatic rings. The first-order chi connectivity index (χ1) is 11.9. The molecule has 25 heavy (non-hydrogen) atoms. The van der Waals surface area contributed by atoms with Gasteiger partial charge in [-0.25, -0.2) is 9.37 Å². The van der Waals surface area contributed by atoms with Crippen molar-refractivity contribution in [2.45, 2.75) is 23.7 Å². The highest BCUT2D eigenvalue weighted by Crippen LogP contribution is 2.27. The Morgan fingerprint density at radius 1 is 1.32 bits per heavy atom. The van der Waals surface area contributed by atoms with Gasteiger partial charge in [-0.3, -0.25) is 4.79 Å². The average Bonchev–Trinajstić information content (AvgIpc) is 2.61. The molecule has 8 heteroatoms. The molecule has 0 radical (unpaired) electrons. The summed E-state index contributed by atoms with van der Waals surface area (Å²) in [6.07, 6.45) is 0. The number of aromatic nitrogens is 1. The van der Waals surface area contributed by atoms with Gasteiger partial charge >= 0.3 is 0 Å². The van der Waals surface area contributed by atoms with Crippen LogP contribution >= 0.6 is 11.8 Å². The van der Waals surface area contributed by atoms with Crippen molar-refractivity contribution in [1.82, 2.24) is 10.3 Å². The number of nitrogens with two attached hydrogens (primary N) is 1. The number of hydrogen-bond acceptors (Lipinski definition) is 6. The van der Waals surface area contributed by atoms with Crippen LogP contribution in [0.25, 0.3) is 0 Å². The normalized spacial score (nSPS) is 11.2. The monoisotopic (exact) mass is 355 g/mol. The lowest BCUT2D eigenvalue weighted by atomic mass is 10.2. The number of rotatable bonds is 5. The molecule has 0 aliphatic heterocycles. The van der Waals surface area contributed by atoms with Crippen LogP contribution in [-0.4, -0.2) is 16.1 Å². The predicted molar refractivity (Wildman–Crippen MR) is 91.6 cm³/mol. The molecule has 0 saturated heterocycles. The van der Waals surface area contributed by atoms with E-state index in [1.807, 2.05) is 12.1 Å². The summed E-state index contributed by atoms with van der Waals surface area (Å²) >= 11 is 1.08. The van der Waals surface area contributed by atoms with Gasteiger partial charge < -0.3 is 11.1 Å². The number of thioether (sulfide) groups is 1. The van der Waals surface area contributed by atoms with Gasteiger partial charge in [-0.15, -0.1) is 0 Å². The van der Waals surface area contributed by atoms with Crippen molar-refractivity contribution in [3.05, 3.63) is 52.8 Å². The second-order valence-corrected chi connectivity index (χ2v) is 6.43. The zero-order chi connectivity index (χ0) is 18.4. The highest BCUT2D eigenvalue weighted by atomic mass is 32.2. The smallest absolute Gasteiger partial charge is 0.233 e. The molecule has 126 valence electrons. The lowest BCUT2D eigenvalue weighted by Crippen LogP contribution is -2.30. The van der Waals surface area contributed by atoms with Crippen LogP contribution in [0.15, 0.2) is 35.4 Å². The Morgan fingerprint density at radius 3 is 2.56 bits per heavy atom. The summed E-state index contributed by atoms with van der Waals surface area (Å²) in [6.45, 7) is 1.93. The Morgan fingerprint density at radius 2 is 1.96 bits per heavy atom. The zero-order valence-corrected chi connectivity index (χ0v) is 14.1. The molecule has 0 spiro atoms. The van der Waals surface area contributed by atoms with Gasteiger partial charge in [-0.05, 0) is 30.7 Å². The van der Waals surface area contributed by atoms with Gasteiger partial charge in [0.05, 0.1) is 16.4 Å². The number of anilines is 1. The van der Waals surface area contributed by atoms with Crippen molar-refractivity contribution in [3.63, 3.8) is 0 Å². The maximum absolute atomic E-state index is 12.9. The van der Waals surface area contributed by atoms with Crippen molar-refractivity contribution in [3.8, 4) is 12.1 Å². The molecule has 0 unspecified atom stereocenters. The number of nitrogen functional groups attached to an aromatic ring is 1. The van der Waals surface area contributed by atoms with Crippen LogP contribution in [-0.2, 0) is 11.3 Å². The van der Waals surface area contributed by atoms with E-state index in [9.17, 15) is 14.4 Å². The van der Waals surface area contributed by atoms with E-state index in [2.05, 4.69) is 10.3 Å². The number of carbonyl (C=O) groups is 1. The molecule has 1 aromatic carbocycles. The number of amides is 1. The largest absolute Gasteiger partial charge is 0.383 e. The molecule has 1 amide bonds. The summed E-state index contributed by atoms with van der Waals surface area (Å²) in [6, 6.07) is 11.0. The van der Waals surface area contributed by atoms with Gasteiger partial charge in [0.15, 0.2) is 0 Å². The fraction of sp³-hybridized carbons (Fsp3) is 0.176. The number of carbonyl (C=O) groups excluding carboxylic acids is 1. The minimum absolute atomic E-state index is 0.0166. The number of pyridine rings is 1. The van der Waals surface area contributed by atoms with Gasteiger partial charge in [-0.2, -0.15) is 10.5 Å². The molecular weight excluding hydrogens is 341 g/mol. The van der Waals surface area contributed by atoms with Crippen molar-refractivity contribution < 1.29 is 9.18 Å². The van der Waals surface area contributed by atoms with Crippen LogP contribution in [0.5, 0.6) is 0 Å². The third-order valence-corrected chi connectivity index (χ3v) is 4.40. The standard InChI is InChI=1S/C17H14FN5OS/c1-10(16(24)22-9-11-2-4-14(18)5-3-11)25-17-13(8-20)6-12(7-19)15(21)23-17/h2-6,10H,9H2,1H3,(H2,21,23)(H,22,24)/t10-/m0/s1. The Balaban J connectivity index is 2.04. The number of nitriles is 2. The summed E-state index contributed by atoms with van der Waals surface area (Å²) in [5.74, 6) is -0.585. The number of nitrogens with one attached hydrogen (secondary N) is 1. The van der Waals surface area contributed by atoms with E-state index in [0.717, 1.165) is 17.3 Å². The van der Waals surface area contributed by atoms with Crippen LogP contribution < -0.4 is 11.1 Å². The molecule has 6 nitrogen and oxygen atoms in total. The highest BCUT2D eigenvalue weighted by molar-refractivity contribution is 8.00. The molecule has 3 N–H and O–H groups in total. The van der Waals surface area contributed by atoms with Crippen LogP contribution in [0, 0.1) is 28.5 Å². The predicted octanol–water partition coefficient (Wildman–Crippen LogP) is 2.34. The van der Waals surface area contributed by atoms with Gasteiger partial charge in [0.25, 0.3) is 0 Å². The lowest BCUT2D eigenvalue weighted by molar-refractivity contribution is -0.120. The van der Waals surface area contributed by atoms with Crippen molar-refractivity contribution in [2.75, 3.05) is 5.73 Å². The van der Waals surface area contributed by atoms with E-state index in [4.69, 9.17) is 11.0 Å². The molecule has 2 rings (SSSR count). The number of halogens is 1. The van der Waals surface area contributed by atoms with E-state index < -0.39 is 5.25 Å². The Bertz CT molecular complexity index is 870. The molecule has 0 bridgehead atoms. The van der Waals surface area contributed by atoms with Gasteiger partial charge in [0.1, 0.15) is 28.8 Å². The summed E-state index contributed by atoms with van der Waals surface area (Å²) < 4.78 is 12.9. The van der Waals surface area contributed by atoms with Gasteiger partial charge in [-0.1, -0.05) is 23.9 Å². The fourth-order valence-corrected chi connectivity index (χ4v) is 2.83. The average molecular weight is 355 g/mol. The topological polar surface area (TPSA) is 116 Å². The molecule has 1 heterocycles. The first-order valence-electron chi connectivity index (χ1n) is 7.24. The Labute approximate surface area is 148 Å². The van der Waals surface area contributed by atoms with E-state index in [1.54, 1.807) is 19.1 Å². The van der Waals surface area contributed by atoms with Crippen LogP contribution in [0.2, 0.25) is 0 Å². The van der Waals surface area contributed by atoms with Crippen LogP contribution in [0.1, 0.15) is 23.6 Å². The fourth-order valence-electron chi connectivity index (χ4n) is 1.93. The Kier molecular flexibility index (Phi) is 5.93. The van der Waals surface area contributed by atoms with Crippen LogP contribution in [0.3, 0.4) is 0 Å². The molecule has 1 aromatic heterocycles. The first kappa shape index (κ1) is 18.2. The minimum Gasteiger partial charge on any atom is -0.383 e. The quantitative estimate of drug-likeness (QED) is 0.795. The third-order valence-electron chi connectivity index (χ3n) is 3.30. The minimum atomic E-state index is -0.535. The van der Waals surface area contributed by atoms with E-state index in [0.29, 0.717) is 5.03 Å². The van der Waals surface area contributed by atoms with Crippen molar-refractivity contribution in [1.29, 1.82) is 10.5 Å². The molecule has 0 fully saturated rings. The first-order valence-corrected chi connectivity index (χ1v) is 8.12. The SMILES string of the molecule is C[C@H](Sc1nc(N)c(C#N)cc1C#N)C(=O)NCc1ccc(F)cc1. The van der Waals surface area contributed by atoms with E-state index in [-0.39, 0.29) is 35.2 Å². The molecule has 0 saturated carbocycles. The zero-order valence-electron chi connectivity index (χ0n) is 13.3. The maximum atomic E-state index is 12.9. The number of hydrogen-bond donors (Lipinski definition) is 2. The third kappa shape index (κ3) is 4.69. The number of nitrogens with zero attached hydrogens (tertiary/aromatic N) is 3.